The molecule has 4 aliphatic rings. The van der Waals surface area contributed by atoms with Crippen molar-refractivity contribution in [1.82, 2.24) is 25.3 Å². The molecule has 3 saturated heterocycles. The Bertz CT molecular complexity index is 2000. The van der Waals surface area contributed by atoms with Gasteiger partial charge in [-0.2, -0.15) is 0 Å². The molecule has 0 aliphatic carbocycles. The van der Waals surface area contributed by atoms with E-state index in [1.807, 2.05) is 42.5 Å². The van der Waals surface area contributed by atoms with Gasteiger partial charge in [-0.3, -0.25) is 29.5 Å². The molecular weight excluding hydrogens is 620 g/mol. The molecule has 49 heavy (non-hydrogen) atoms. The van der Waals surface area contributed by atoms with Crippen molar-refractivity contribution in [2.24, 2.45) is 0 Å². The maximum atomic E-state index is 13.4. The highest BCUT2D eigenvalue weighted by Gasteiger charge is 2.42. The van der Waals surface area contributed by atoms with Crippen molar-refractivity contribution in [2.45, 2.75) is 24.9 Å². The molecule has 248 valence electrons. The first-order valence-corrected chi connectivity index (χ1v) is 16.5. The van der Waals surface area contributed by atoms with Crippen LogP contribution >= 0.6 is 0 Å². The third kappa shape index (κ3) is 5.43. The van der Waals surface area contributed by atoms with Gasteiger partial charge in [-0.05, 0) is 54.4 Å². The van der Waals surface area contributed by atoms with Crippen molar-refractivity contribution in [3.05, 3.63) is 90.5 Å². The number of fused-ring (bicyclic) bond motifs is 1. The molecule has 4 aromatic rings. The number of nitrogens with one attached hydrogen (secondary N) is 1. The summed E-state index contributed by atoms with van der Waals surface area (Å²) in [6.45, 7) is 9.59. The summed E-state index contributed by atoms with van der Waals surface area (Å²) in [6.07, 6.45) is 0.498. The second-order valence-electron chi connectivity index (χ2n) is 13.0. The third-order valence-electron chi connectivity index (χ3n) is 10.2. The maximum Gasteiger partial charge on any atom is 0.259 e. The third-order valence-corrected chi connectivity index (χ3v) is 10.2. The average Bonchev–Trinajstić information content (AvgIpc) is 3.33. The minimum absolute atomic E-state index is 0.142. The van der Waals surface area contributed by atoms with Gasteiger partial charge in [0.25, 0.3) is 5.91 Å². The van der Waals surface area contributed by atoms with Crippen LogP contribution in [0, 0.1) is 0 Å². The summed E-state index contributed by atoms with van der Waals surface area (Å²) in [4.78, 5) is 46.2. The molecule has 3 aromatic carbocycles. The summed E-state index contributed by atoms with van der Waals surface area (Å²) in [5, 5.41) is 21.0. The van der Waals surface area contributed by atoms with Gasteiger partial charge in [0.05, 0.1) is 11.3 Å². The summed E-state index contributed by atoms with van der Waals surface area (Å²) in [7, 11) is 0. The van der Waals surface area contributed by atoms with Gasteiger partial charge in [-0.1, -0.05) is 36.9 Å². The van der Waals surface area contributed by atoms with Gasteiger partial charge in [0, 0.05) is 85.5 Å². The molecule has 1 aromatic heterocycles. The highest BCUT2D eigenvalue weighted by atomic mass is 16.3. The number of piperazine rings is 1. The first-order chi connectivity index (χ1) is 23.7. The number of hydrogen-bond donors (Lipinski definition) is 3. The topological polar surface area (TPSA) is 148 Å². The average molecular weight is 657 g/mol. The Morgan fingerprint density at radius 1 is 0.796 bits per heavy atom. The number of carbonyl (C=O) groups is 3. The summed E-state index contributed by atoms with van der Waals surface area (Å²) < 4.78 is 0. The van der Waals surface area contributed by atoms with E-state index in [-0.39, 0.29) is 24.0 Å². The minimum Gasteiger partial charge on any atom is -0.507 e. The molecule has 5 heterocycles. The molecule has 3 amide bonds. The van der Waals surface area contributed by atoms with Gasteiger partial charge in [-0.15, -0.1) is 10.2 Å². The molecule has 0 spiro atoms. The van der Waals surface area contributed by atoms with E-state index in [9.17, 15) is 19.5 Å². The fourth-order valence-corrected chi connectivity index (χ4v) is 7.35. The number of para-hydroxylation sites is 1. The van der Waals surface area contributed by atoms with Crippen LogP contribution in [0.4, 0.5) is 17.2 Å². The van der Waals surface area contributed by atoms with Crippen molar-refractivity contribution in [3.63, 3.8) is 0 Å². The number of amides is 3. The van der Waals surface area contributed by atoms with Crippen LogP contribution in [0.25, 0.3) is 28.1 Å². The minimum atomic E-state index is -0.722. The van der Waals surface area contributed by atoms with E-state index in [1.165, 1.54) is 4.90 Å². The smallest absolute Gasteiger partial charge is 0.259 e. The standard InChI is InChI=1S/C37H36N8O4/c1-22-27-11-10-25(18-30(27)37(49)45(22)32-12-13-34(47)39-36(32)48)44-20-26(21-44)43-16-14-42(15-17-43)24-8-6-23(7-9-24)29-19-31(40-41-35(29)38)28-4-2-3-5-33(28)46/h2-11,18-19,26,32,46H,1,12-17,20-21H2,(H2,38,41)(H,39,47,48). The molecule has 8 rings (SSSR count). The zero-order valence-corrected chi connectivity index (χ0v) is 26.9. The number of rotatable bonds is 6. The van der Waals surface area contributed by atoms with Gasteiger partial charge < -0.3 is 20.6 Å². The Hall–Kier alpha value is -5.75. The number of phenolic OH excluding ortho intramolecular Hbond substituents is 1. The number of anilines is 3. The molecule has 4 aliphatic heterocycles. The van der Waals surface area contributed by atoms with Crippen LogP contribution in [0.3, 0.4) is 0 Å². The molecule has 12 heteroatoms. The number of imide groups is 1. The Balaban J connectivity index is 0.870. The highest BCUT2D eigenvalue weighted by Crippen LogP contribution is 2.38. The lowest BCUT2D eigenvalue weighted by Crippen LogP contribution is -2.63. The summed E-state index contributed by atoms with van der Waals surface area (Å²) >= 11 is 0. The first kappa shape index (κ1) is 30.6. The van der Waals surface area contributed by atoms with E-state index in [4.69, 9.17) is 5.73 Å². The van der Waals surface area contributed by atoms with Gasteiger partial charge >= 0.3 is 0 Å². The number of nitrogens with zero attached hydrogens (tertiary/aromatic N) is 6. The van der Waals surface area contributed by atoms with Crippen LogP contribution in [0.15, 0.2) is 79.4 Å². The summed E-state index contributed by atoms with van der Waals surface area (Å²) in [5.74, 6) is -0.525. The van der Waals surface area contributed by atoms with E-state index < -0.39 is 11.9 Å². The Morgan fingerprint density at radius 3 is 2.27 bits per heavy atom. The first-order valence-electron chi connectivity index (χ1n) is 16.5. The summed E-state index contributed by atoms with van der Waals surface area (Å²) in [6, 6.07) is 22.8. The molecule has 1 atom stereocenters. The van der Waals surface area contributed by atoms with Gasteiger partial charge in [-0.25, -0.2) is 0 Å². The van der Waals surface area contributed by atoms with Crippen molar-refractivity contribution in [3.8, 4) is 28.1 Å². The number of benzene rings is 3. The van der Waals surface area contributed by atoms with Crippen LogP contribution < -0.4 is 20.9 Å². The van der Waals surface area contributed by atoms with E-state index in [0.29, 0.717) is 40.8 Å². The molecule has 0 bridgehead atoms. The number of nitrogen functional groups attached to an aromatic ring is 1. The van der Waals surface area contributed by atoms with Gasteiger partial charge in [0.15, 0.2) is 5.82 Å². The quantitative estimate of drug-likeness (QED) is 0.264. The zero-order valence-electron chi connectivity index (χ0n) is 26.9. The fraction of sp³-hybridized carbons (Fsp3) is 0.270. The van der Waals surface area contributed by atoms with Gasteiger partial charge in [0.2, 0.25) is 11.8 Å². The van der Waals surface area contributed by atoms with E-state index in [0.717, 1.165) is 67.3 Å². The van der Waals surface area contributed by atoms with Crippen molar-refractivity contribution in [1.29, 1.82) is 0 Å². The van der Waals surface area contributed by atoms with E-state index in [1.54, 1.807) is 18.2 Å². The second kappa shape index (κ2) is 12.0. The highest BCUT2D eigenvalue weighted by molar-refractivity contribution is 6.13. The molecule has 3 fully saturated rings. The number of nitrogens with two attached hydrogens (primary N) is 1. The number of carbonyl (C=O) groups excluding carboxylic acids is 3. The largest absolute Gasteiger partial charge is 0.507 e. The number of aromatic nitrogens is 2. The van der Waals surface area contributed by atoms with Gasteiger partial charge in [0.1, 0.15) is 11.8 Å². The number of aromatic hydroxyl groups is 1. The van der Waals surface area contributed by atoms with Crippen LogP contribution in [-0.2, 0) is 9.59 Å². The zero-order chi connectivity index (χ0) is 33.8. The molecule has 12 nitrogen and oxygen atoms in total. The van der Waals surface area contributed by atoms with Crippen LogP contribution in [0.5, 0.6) is 5.75 Å². The molecule has 0 radical (unpaired) electrons. The number of piperidine rings is 1. The SMILES string of the molecule is C=C1c2ccc(N3CC(N4CCN(c5ccc(-c6cc(-c7ccccc7O)nnc6N)cc5)CC4)C3)cc2C(=O)N1C1CCC(=O)NC1=O. The second-order valence-corrected chi connectivity index (χ2v) is 13.0. The lowest BCUT2D eigenvalue weighted by molar-refractivity contribution is -0.136. The maximum absolute atomic E-state index is 13.4. The lowest BCUT2D eigenvalue weighted by Gasteiger charge is -2.49. The van der Waals surface area contributed by atoms with Crippen molar-refractivity contribution >= 4 is 40.6 Å². The van der Waals surface area contributed by atoms with Crippen molar-refractivity contribution in [2.75, 3.05) is 54.8 Å². The number of hydrogen-bond acceptors (Lipinski definition) is 10. The Morgan fingerprint density at radius 2 is 1.53 bits per heavy atom. The predicted molar refractivity (Wildman–Crippen MR) is 187 cm³/mol. The monoisotopic (exact) mass is 656 g/mol. The van der Waals surface area contributed by atoms with Crippen molar-refractivity contribution < 1.29 is 19.5 Å². The molecule has 4 N–H and O–H groups in total. The lowest BCUT2D eigenvalue weighted by atomic mass is 10.0. The van der Waals surface area contributed by atoms with Crippen LogP contribution in [0.2, 0.25) is 0 Å². The molecule has 1 unspecified atom stereocenters. The van der Waals surface area contributed by atoms with Crippen LogP contribution in [0.1, 0.15) is 28.8 Å². The van der Waals surface area contributed by atoms with E-state index >= 15 is 0 Å². The molecule has 0 saturated carbocycles. The predicted octanol–water partition coefficient (Wildman–Crippen LogP) is 3.34. The fourth-order valence-electron chi connectivity index (χ4n) is 7.35. The van der Waals surface area contributed by atoms with Crippen LogP contribution in [-0.4, -0.2) is 94.2 Å². The number of phenols is 1. The Labute approximate surface area is 283 Å². The Kier molecular flexibility index (Phi) is 7.52. The molecular formula is C37H36N8O4. The summed E-state index contributed by atoms with van der Waals surface area (Å²) in [5.41, 5.74) is 13.0. The van der Waals surface area contributed by atoms with E-state index in [2.05, 4.69) is 48.9 Å². The normalized spacial score (nSPS) is 20.0.